The SMILES string of the molecule is CCn1nc2ccc(O)cc2c1C(=O)OC. The molecule has 0 atom stereocenters. The smallest absolute Gasteiger partial charge is 0.356 e. The highest BCUT2D eigenvalue weighted by Crippen LogP contribution is 2.23. The highest BCUT2D eigenvalue weighted by molar-refractivity contribution is 6.02. The minimum absolute atomic E-state index is 0.105. The Bertz CT molecular complexity index is 545. The van der Waals surface area contributed by atoms with Crippen LogP contribution in [0.1, 0.15) is 17.4 Å². The Morgan fingerprint density at radius 3 is 2.94 bits per heavy atom. The molecule has 0 spiro atoms. The molecule has 84 valence electrons. The van der Waals surface area contributed by atoms with Gasteiger partial charge in [-0.05, 0) is 25.1 Å². The Morgan fingerprint density at radius 1 is 1.56 bits per heavy atom. The van der Waals surface area contributed by atoms with Gasteiger partial charge in [-0.1, -0.05) is 0 Å². The van der Waals surface area contributed by atoms with Gasteiger partial charge < -0.3 is 9.84 Å². The zero-order valence-electron chi connectivity index (χ0n) is 9.10. The van der Waals surface area contributed by atoms with Gasteiger partial charge in [-0.25, -0.2) is 4.79 Å². The van der Waals surface area contributed by atoms with Crippen molar-refractivity contribution in [3.63, 3.8) is 0 Å². The lowest BCUT2D eigenvalue weighted by Gasteiger charge is -2.02. The number of rotatable bonds is 2. The number of aryl methyl sites for hydroxylation is 1. The number of fused-ring (bicyclic) bond motifs is 1. The maximum absolute atomic E-state index is 11.6. The first-order valence-electron chi connectivity index (χ1n) is 4.95. The van der Waals surface area contributed by atoms with E-state index >= 15 is 0 Å². The molecule has 0 fully saturated rings. The Kier molecular flexibility index (Phi) is 2.52. The van der Waals surface area contributed by atoms with Crippen molar-refractivity contribution in [3.8, 4) is 5.75 Å². The number of nitrogens with zero attached hydrogens (tertiary/aromatic N) is 2. The van der Waals surface area contributed by atoms with E-state index in [1.807, 2.05) is 6.92 Å². The molecule has 0 amide bonds. The van der Waals surface area contributed by atoms with Gasteiger partial charge in [0.1, 0.15) is 5.75 Å². The van der Waals surface area contributed by atoms with Gasteiger partial charge >= 0.3 is 5.97 Å². The molecule has 2 aromatic rings. The molecule has 2 rings (SSSR count). The summed E-state index contributed by atoms with van der Waals surface area (Å²) in [7, 11) is 1.32. The first-order chi connectivity index (χ1) is 7.67. The van der Waals surface area contributed by atoms with Crippen molar-refractivity contribution in [2.75, 3.05) is 7.11 Å². The number of carbonyl (C=O) groups excluding carboxylic acids is 1. The number of hydrogen-bond donors (Lipinski definition) is 1. The lowest BCUT2D eigenvalue weighted by atomic mass is 10.2. The second-order valence-electron chi connectivity index (χ2n) is 3.36. The maximum Gasteiger partial charge on any atom is 0.356 e. The number of benzene rings is 1. The van der Waals surface area contributed by atoms with E-state index in [1.165, 1.54) is 19.2 Å². The van der Waals surface area contributed by atoms with Crippen LogP contribution < -0.4 is 0 Å². The summed E-state index contributed by atoms with van der Waals surface area (Å²) in [5, 5.41) is 14.3. The molecular weight excluding hydrogens is 208 g/mol. The molecule has 0 unspecified atom stereocenters. The number of hydrogen-bond acceptors (Lipinski definition) is 4. The number of phenols is 1. The van der Waals surface area contributed by atoms with Crippen molar-refractivity contribution in [1.29, 1.82) is 0 Å². The van der Waals surface area contributed by atoms with Crippen molar-refractivity contribution in [3.05, 3.63) is 23.9 Å². The van der Waals surface area contributed by atoms with E-state index in [-0.39, 0.29) is 5.75 Å². The van der Waals surface area contributed by atoms with E-state index in [0.29, 0.717) is 23.1 Å². The molecule has 1 aromatic carbocycles. The lowest BCUT2D eigenvalue weighted by molar-refractivity contribution is 0.0589. The zero-order valence-corrected chi connectivity index (χ0v) is 9.10. The van der Waals surface area contributed by atoms with Crippen molar-refractivity contribution in [2.45, 2.75) is 13.5 Å². The van der Waals surface area contributed by atoms with Crippen LogP contribution in [0.4, 0.5) is 0 Å². The van der Waals surface area contributed by atoms with Crippen molar-refractivity contribution < 1.29 is 14.6 Å². The van der Waals surface area contributed by atoms with Crippen LogP contribution in [0.2, 0.25) is 0 Å². The third kappa shape index (κ3) is 1.50. The van der Waals surface area contributed by atoms with Gasteiger partial charge in [-0.3, -0.25) is 4.68 Å². The molecule has 5 nitrogen and oxygen atoms in total. The molecule has 0 aliphatic heterocycles. The molecule has 0 saturated heterocycles. The molecule has 0 aliphatic rings. The largest absolute Gasteiger partial charge is 0.508 e. The van der Waals surface area contributed by atoms with E-state index in [1.54, 1.807) is 10.7 Å². The van der Waals surface area contributed by atoms with Crippen LogP contribution in [0.15, 0.2) is 18.2 Å². The zero-order chi connectivity index (χ0) is 11.7. The standard InChI is InChI=1S/C11H12N2O3/c1-3-13-10(11(15)16-2)8-6-7(14)4-5-9(8)12-13/h4-6,14H,3H2,1-2H3. The first-order valence-corrected chi connectivity index (χ1v) is 4.95. The Balaban J connectivity index is 2.75. The van der Waals surface area contributed by atoms with Crippen LogP contribution in [0.5, 0.6) is 5.75 Å². The number of phenolic OH excluding ortho intramolecular Hbond substituents is 1. The number of aromatic nitrogens is 2. The molecule has 5 heteroatoms. The molecule has 1 aromatic heterocycles. The van der Waals surface area contributed by atoms with Gasteiger partial charge in [-0.15, -0.1) is 0 Å². The second kappa shape index (κ2) is 3.84. The normalized spacial score (nSPS) is 10.6. The second-order valence-corrected chi connectivity index (χ2v) is 3.36. The fourth-order valence-corrected chi connectivity index (χ4v) is 1.66. The van der Waals surface area contributed by atoms with Gasteiger partial charge in [0.25, 0.3) is 0 Å². The Labute approximate surface area is 92.2 Å². The van der Waals surface area contributed by atoms with Gasteiger partial charge in [0, 0.05) is 11.9 Å². The fraction of sp³-hybridized carbons (Fsp3) is 0.273. The summed E-state index contributed by atoms with van der Waals surface area (Å²) in [5.41, 5.74) is 1.04. The summed E-state index contributed by atoms with van der Waals surface area (Å²) in [6.07, 6.45) is 0. The van der Waals surface area contributed by atoms with Crippen LogP contribution in [0.3, 0.4) is 0 Å². The number of esters is 1. The summed E-state index contributed by atoms with van der Waals surface area (Å²) < 4.78 is 6.27. The predicted molar refractivity (Wildman–Crippen MR) is 58.4 cm³/mol. The average molecular weight is 220 g/mol. The third-order valence-electron chi connectivity index (χ3n) is 2.40. The van der Waals surface area contributed by atoms with E-state index in [9.17, 15) is 9.90 Å². The van der Waals surface area contributed by atoms with Crippen molar-refractivity contribution in [1.82, 2.24) is 9.78 Å². The predicted octanol–water partition coefficient (Wildman–Crippen LogP) is 1.55. The molecule has 0 aliphatic carbocycles. The van der Waals surface area contributed by atoms with Gasteiger partial charge in [0.2, 0.25) is 0 Å². The topological polar surface area (TPSA) is 64.3 Å². The molecule has 0 radical (unpaired) electrons. The summed E-state index contributed by atoms with van der Waals surface area (Å²) in [4.78, 5) is 11.6. The van der Waals surface area contributed by atoms with Crippen LogP contribution in [0.25, 0.3) is 10.9 Å². The Hall–Kier alpha value is -2.04. The Morgan fingerprint density at radius 2 is 2.31 bits per heavy atom. The van der Waals surface area contributed by atoms with Gasteiger partial charge in [0.05, 0.1) is 12.6 Å². The molecule has 0 saturated carbocycles. The minimum Gasteiger partial charge on any atom is -0.508 e. The molecule has 16 heavy (non-hydrogen) atoms. The summed E-state index contributed by atoms with van der Waals surface area (Å²) in [5.74, 6) is -0.344. The number of ether oxygens (including phenoxy) is 1. The van der Waals surface area contributed by atoms with Crippen LogP contribution >= 0.6 is 0 Å². The summed E-state index contributed by atoms with van der Waals surface area (Å²) >= 11 is 0. The van der Waals surface area contributed by atoms with Gasteiger partial charge in [0.15, 0.2) is 5.69 Å². The number of methoxy groups -OCH3 is 1. The van der Waals surface area contributed by atoms with E-state index in [0.717, 1.165) is 0 Å². The summed E-state index contributed by atoms with van der Waals surface area (Å²) in [6, 6.07) is 4.72. The molecule has 0 bridgehead atoms. The van der Waals surface area contributed by atoms with Crippen LogP contribution in [-0.2, 0) is 11.3 Å². The van der Waals surface area contributed by atoms with Crippen molar-refractivity contribution >= 4 is 16.9 Å². The maximum atomic E-state index is 11.6. The molecular formula is C11H12N2O3. The van der Waals surface area contributed by atoms with Crippen LogP contribution in [0, 0.1) is 0 Å². The van der Waals surface area contributed by atoms with Crippen LogP contribution in [-0.4, -0.2) is 28.0 Å². The van der Waals surface area contributed by atoms with E-state index < -0.39 is 5.97 Å². The number of aromatic hydroxyl groups is 1. The molecule has 1 N–H and O–H groups in total. The highest BCUT2D eigenvalue weighted by Gasteiger charge is 2.18. The minimum atomic E-state index is -0.449. The van der Waals surface area contributed by atoms with E-state index in [4.69, 9.17) is 4.74 Å². The summed E-state index contributed by atoms with van der Waals surface area (Å²) in [6.45, 7) is 2.46. The highest BCUT2D eigenvalue weighted by atomic mass is 16.5. The quantitative estimate of drug-likeness (QED) is 0.780. The number of carbonyl (C=O) groups is 1. The lowest BCUT2D eigenvalue weighted by Crippen LogP contribution is -2.10. The first kappa shape index (κ1) is 10.5. The van der Waals surface area contributed by atoms with Crippen molar-refractivity contribution in [2.24, 2.45) is 0 Å². The van der Waals surface area contributed by atoms with Gasteiger partial charge in [-0.2, -0.15) is 5.10 Å². The average Bonchev–Trinajstić information content (AvgIpc) is 2.65. The van der Waals surface area contributed by atoms with E-state index in [2.05, 4.69) is 5.10 Å². The monoisotopic (exact) mass is 220 g/mol. The fourth-order valence-electron chi connectivity index (χ4n) is 1.66. The third-order valence-corrected chi connectivity index (χ3v) is 2.40. The molecule has 1 heterocycles.